The van der Waals surface area contributed by atoms with Gasteiger partial charge in [0.15, 0.2) is 0 Å². The number of nitrogens with two attached hydrogens (primary N) is 1. The molecule has 0 aromatic rings. The molecule has 0 radical (unpaired) electrons. The molecule has 0 aromatic heterocycles. The fourth-order valence-electron chi connectivity index (χ4n) is 2.29. The molecule has 3 N–H and O–H groups in total. The number of amidine groups is 1. The standard InChI is InChI=1S/C13H27N3O/c1-11-5-9-16(10-6-11)8-4-7-13(2,3)12(14)15-17/h11,17H,4-10H2,1-3H3,(H2,14,15). The van der Waals surface area contributed by atoms with E-state index >= 15 is 0 Å². The van der Waals surface area contributed by atoms with Crippen molar-refractivity contribution in [2.45, 2.75) is 46.5 Å². The molecule has 0 unspecified atom stereocenters. The minimum Gasteiger partial charge on any atom is -0.409 e. The molecule has 100 valence electrons. The first-order valence-electron chi connectivity index (χ1n) is 6.66. The lowest BCUT2D eigenvalue weighted by Crippen LogP contribution is -2.36. The second kappa shape index (κ2) is 6.24. The molecule has 0 atom stereocenters. The molecule has 1 rings (SSSR count). The highest BCUT2D eigenvalue weighted by atomic mass is 16.4. The van der Waals surface area contributed by atoms with Gasteiger partial charge in [0, 0.05) is 5.41 Å². The van der Waals surface area contributed by atoms with Crippen molar-refractivity contribution in [3.8, 4) is 0 Å². The normalized spacial score (nSPS) is 20.8. The Morgan fingerprint density at radius 3 is 2.53 bits per heavy atom. The minimum absolute atomic E-state index is 0.197. The van der Waals surface area contributed by atoms with Crippen LogP contribution < -0.4 is 5.73 Å². The van der Waals surface area contributed by atoms with Crippen LogP contribution in [0.1, 0.15) is 46.5 Å². The predicted octanol–water partition coefficient (Wildman–Crippen LogP) is 2.27. The van der Waals surface area contributed by atoms with Crippen LogP contribution in [0.4, 0.5) is 0 Å². The minimum atomic E-state index is -0.197. The molecule has 4 nitrogen and oxygen atoms in total. The van der Waals surface area contributed by atoms with E-state index in [4.69, 9.17) is 10.9 Å². The molecular formula is C13H27N3O. The Labute approximate surface area is 105 Å². The molecule has 1 fully saturated rings. The van der Waals surface area contributed by atoms with Gasteiger partial charge < -0.3 is 15.8 Å². The lowest BCUT2D eigenvalue weighted by molar-refractivity contribution is 0.185. The van der Waals surface area contributed by atoms with Gasteiger partial charge in [-0.2, -0.15) is 0 Å². The zero-order valence-electron chi connectivity index (χ0n) is 11.4. The summed E-state index contributed by atoms with van der Waals surface area (Å²) in [5.74, 6) is 1.23. The zero-order chi connectivity index (χ0) is 12.9. The highest BCUT2D eigenvalue weighted by Gasteiger charge is 2.23. The fraction of sp³-hybridized carbons (Fsp3) is 0.923. The molecule has 0 spiro atoms. The van der Waals surface area contributed by atoms with Gasteiger partial charge in [-0.15, -0.1) is 0 Å². The largest absolute Gasteiger partial charge is 0.409 e. The third-order valence-corrected chi connectivity index (χ3v) is 3.95. The lowest BCUT2D eigenvalue weighted by Gasteiger charge is -2.31. The van der Waals surface area contributed by atoms with Gasteiger partial charge >= 0.3 is 0 Å². The summed E-state index contributed by atoms with van der Waals surface area (Å²) in [4.78, 5) is 2.53. The van der Waals surface area contributed by atoms with Gasteiger partial charge in [-0.1, -0.05) is 25.9 Å². The van der Waals surface area contributed by atoms with Gasteiger partial charge in [0.05, 0.1) is 0 Å². The van der Waals surface area contributed by atoms with Crippen LogP contribution >= 0.6 is 0 Å². The van der Waals surface area contributed by atoms with Crippen LogP contribution in [0.5, 0.6) is 0 Å². The van der Waals surface area contributed by atoms with Crippen molar-refractivity contribution >= 4 is 5.84 Å². The van der Waals surface area contributed by atoms with Gasteiger partial charge in [0.2, 0.25) is 0 Å². The van der Waals surface area contributed by atoms with Crippen molar-refractivity contribution in [2.75, 3.05) is 19.6 Å². The average molecular weight is 241 g/mol. The first-order chi connectivity index (χ1) is 7.95. The van der Waals surface area contributed by atoms with Crippen LogP contribution in [0, 0.1) is 11.3 Å². The Balaban J connectivity index is 2.24. The molecule has 1 heterocycles. The topological polar surface area (TPSA) is 61.8 Å². The van der Waals surface area contributed by atoms with Crippen LogP contribution in [0.2, 0.25) is 0 Å². The molecule has 1 saturated heterocycles. The highest BCUT2D eigenvalue weighted by Crippen LogP contribution is 2.23. The molecule has 17 heavy (non-hydrogen) atoms. The average Bonchev–Trinajstić information content (AvgIpc) is 2.30. The van der Waals surface area contributed by atoms with E-state index in [1.807, 2.05) is 13.8 Å². The summed E-state index contributed by atoms with van der Waals surface area (Å²) >= 11 is 0. The number of likely N-dealkylation sites (tertiary alicyclic amines) is 1. The van der Waals surface area contributed by atoms with E-state index in [-0.39, 0.29) is 5.41 Å². The molecule has 4 heteroatoms. The summed E-state index contributed by atoms with van der Waals surface area (Å²) in [6.07, 6.45) is 4.72. The van der Waals surface area contributed by atoms with Crippen LogP contribution in [-0.2, 0) is 0 Å². The second-order valence-electron chi connectivity index (χ2n) is 6.00. The number of nitrogens with zero attached hydrogens (tertiary/aromatic N) is 2. The van der Waals surface area contributed by atoms with Crippen LogP contribution in [-0.4, -0.2) is 35.6 Å². The predicted molar refractivity (Wildman–Crippen MR) is 71.3 cm³/mol. The lowest BCUT2D eigenvalue weighted by atomic mass is 9.86. The third kappa shape index (κ3) is 4.54. The highest BCUT2D eigenvalue weighted by molar-refractivity contribution is 5.85. The van der Waals surface area contributed by atoms with Gasteiger partial charge in [0.25, 0.3) is 0 Å². The van der Waals surface area contributed by atoms with Crippen molar-refractivity contribution in [3.63, 3.8) is 0 Å². The molecule has 1 aliphatic heterocycles. The van der Waals surface area contributed by atoms with E-state index < -0.39 is 0 Å². The maximum absolute atomic E-state index is 8.70. The molecule has 0 amide bonds. The Morgan fingerprint density at radius 1 is 1.41 bits per heavy atom. The summed E-state index contributed by atoms with van der Waals surface area (Å²) in [7, 11) is 0. The van der Waals surface area contributed by atoms with Crippen molar-refractivity contribution in [2.24, 2.45) is 22.2 Å². The fourth-order valence-corrected chi connectivity index (χ4v) is 2.29. The van der Waals surface area contributed by atoms with Crippen molar-refractivity contribution in [1.82, 2.24) is 4.90 Å². The number of hydrogen-bond donors (Lipinski definition) is 2. The Kier molecular flexibility index (Phi) is 5.25. The Bertz CT molecular complexity index is 255. The number of piperidine rings is 1. The van der Waals surface area contributed by atoms with Gasteiger partial charge in [-0.25, -0.2) is 0 Å². The van der Waals surface area contributed by atoms with Crippen LogP contribution in [0.15, 0.2) is 5.16 Å². The van der Waals surface area contributed by atoms with Gasteiger partial charge in [-0.3, -0.25) is 0 Å². The molecule has 0 saturated carbocycles. The maximum Gasteiger partial charge on any atom is 0.144 e. The van der Waals surface area contributed by atoms with Gasteiger partial charge in [0.1, 0.15) is 5.84 Å². The van der Waals surface area contributed by atoms with E-state index in [1.165, 1.54) is 25.9 Å². The number of hydrogen-bond acceptors (Lipinski definition) is 3. The van der Waals surface area contributed by atoms with E-state index in [2.05, 4.69) is 17.0 Å². The quantitative estimate of drug-likeness (QED) is 0.336. The van der Waals surface area contributed by atoms with Crippen molar-refractivity contribution in [1.29, 1.82) is 0 Å². The molecular weight excluding hydrogens is 214 g/mol. The number of oxime groups is 1. The Morgan fingerprint density at radius 2 is 2.00 bits per heavy atom. The zero-order valence-corrected chi connectivity index (χ0v) is 11.4. The van der Waals surface area contributed by atoms with E-state index in [9.17, 15) is 0 Å². The molecule has 0 aliphatic carbocycles. The van der Waals surface area contributed by atoms with Crippen LogP contribution in [0.3, 0.4) is 0 Å². The first kappa shape index (κ1) is 14.3. The van der Waals surface area contributed by atoms with E-state index in [0.717, 1.165) is 25.3 Å². The third-order valence-electron chi connectivity index (χ3n) is 3.95. The second-order valence-corrected chi connectivity index (χ2v) is 6.00. The summed E-state index contributed by atoms with van der Waals surface area (Å²) in [6.45, 7) is 9.98. The van der Waals surface area contributed by atoms with E-state index in [1.54, 1.807) is 0 Å². The summed E-state index contributed by atoms with van der Waals surface area (Å²) in [6, 6.07) is 0. The monoisotopic (exact) mass is 241 g/mol. The maximum atomic E-state index is 8.70. The SMILES string of the molecule is CC1CCN(CCCC(C)(C)C(N)=NO)CC1. The summed E-state index contributed by atoms with van der Waals surface area (Å²) in [5, 5.41) is 11.8. The van der Waals surface area contributed by atoms with Crippen LogP contribution in [0.25, 0.3) is 0 Å². The van der Waals surface area contributed by atoms with E-state index in [0.29, 0.717) is 5.84 Å². The molecule has 1 aliphatic rings. The number of rotatable bonds is 5. The van der Waals surface area contributed by atoms with Crippen molar-refractivity contribution in [3.05, 3.63) is 0 Å². The smallest absolute Gasteiger partial charge is 0.144 e. The summed E-state index contributed by atoms with van der Waals surface area (Å²) in [5.41, 5.74) is 5.48. The Hall–Kier alpha value is -0.770. The van der Waals surface area contributed by atoms with Gasteiger partial charge in [-0.05, 0) is 51.2 Å². The first-order valence-corrected chi connectivity index (χ1v) is 6.66. The molecule has 0 aromatic carbocycles. The molecule has 0 bridgehead atoms. The van der Waals surface area contributed by atoms with Crippen molar-refractivity contribution < 1.29 is 5.21 Å². The summed E-state index contributed by atoms with van der Waals surface area (Å²) < 4.78 is 0.